The number of imidazole rings is 1. The van der Waals surface area contributed by atoms with Crippen LogP contribution >= 0.6 is 24.0 Å². The second-order valence-corrected chi connectivity index (χ2v) is 5.14. The summed E-state index contributed by atoms with van der Waals surface area (Å²) in [5.41, 5.74) is 1.51. The van der Waals surface area contributed by atoms with E-state index in [2.05, 4.69) is 20.6 Å². The molecule has 0 saturated carbocycles. The van der Waals surface area contributed by atoms with Crippen molar-refractivity contribution in [1.82, 2.24) is 15.3 Å². The fraction of sp³-hybridized carbons (Fsp3) is 0.385. The first kappa shape index (κ1) is 15.1. The number of hydrogen-bond donors (Lipinski definition) is 3. The molecule has 20 heavy (non-hydrogen) atoms. The first-order valence-electron chi connectivity index (χ1n) is 6.40. The zero-order valence-electron chi connectivity index (χ0n) is 10.8. The van der Waals surface area contributed by atoms with Crippen molar-refractivity contribution in [1.29, 1.82) is 0 Å². The summed E-state index contributed by atoms with van der Waals surface area (Å²) in [6.07, 6.45) is 1.74. The molecule has 1 saturated heterocycles. The van der Waals surface area contributed by atoms with Gasteiger partial charge in [0.15, 0.2) is 0 Å². The summed E-state index contributed by atoms with van der Waals surface area (Å²) in [7, 11) is 0. The lowest BCUT2D eigenvalue weighted by molar-refractivity contribution is -0.120. The van der Waals surface area contributed by atoms with Crippen molar-refractivity contribution in [3.63, 3.8) is 0 Å². The van der Waals surface area contributed by atoms with E-state index in [9.17, 15) is 4.79 Å². The Kier molecular flexibility index (Phi) is 4.86. The van der Waals surface area contributed by atoms with E-state index in [4.69, 9.17) is 11.6 Å². The van der Waals surface area contributed by atoms with Crippen molar-refractivity contribution < 1.29 is 4.79 Å². The van der Waals surface area contributed by atoms with Crippen molar-refractivity contribution in [2.24, 2.45) is 5.92 Å². The van der Waals surface area contributed by atoms with Crippen LogP contribution in [0.4, 0.5) is 5.95 Å². The summed E-state index contributed by atoms with van der Waals surface area (Å²) in [6, 6.07) is 5.51. The molecule has 1 aliphatic rings. The van der Waals surface area contributed by atoms with Gasteiger partial charge in [-0.1, -0.05) is 17.7 Å². The van der Waals surface area contributed by atoms with Crippen LogP contribution in [-0.4, -0.2) is 29.0 Å². The molecule has 3 N–H and O–H groups in total. The summed E-state index contributed by atoms with van der Waals surface area (Å²) in [6.45, 7) is 1.79. The van der Waals surface area contributed by atoms with E-state index >= 15 is 0 Å². The molecule has 3 rings (SSSR count). The van der Waals surface area contributed by atoms with E-state index in [1.54, 1.807) is 6.07 Å². The molecular formula is C13H16Cl2N4O. The number of anilines is 1. The molecule has 1 amide bonds. The molecule has 2 heterocycles. The molecule has 0 radical (unpaired) electrons. The monoisotopic (exact) mass is 314 g/mol. The minimum atomic E-state index is 0. The number of carbonyl (C=O) groups is 1. The van der Waals surface area contributed by atoms with E-state index in [0.717, 1.165) is 31.4 Å². The number of hydrogen-bond acceptors (Lipinski definition) is 3. The summed E-state index contributed by atoms with van der Waals surface area (Å²) in [5, 5.41) is 6.66. The van der Waals surface area contributed by atoms with Gasteiger partial charge in [-0.05, 0) is 38.1 Å². The molecule has 0 aliphatic carbocycles. The van der Waals surface area contributed by atoms with Gasteiger partial charge in [0.25, 0.3) is 0 Å². The maximum absolute atomic E-state index is 12.1. The second-order valence-electron chi connectivity index (χ2n) is 4.73. The molecule has 0 bridgehead atoms. The first-order valence-corrected chi connectivity index (χ1v) is 6.77. The summed E-state index contributed by atoms with van der Waals surface area (Å²) in [5.74, 6) is 0.549. The van der Waals surface area contributed by atoms with E-state index in [1.807, 2.05) is 12.1 Å². The molecule has 0 atom stereocenters. The largest absolute Gasteiger partial charge is 0.324 e. The van der Waals surface area contributed by atoms with Crippen LogP contribution in [0.3, 0.4) is 0 Å². The van der Waals surface area contributed by atoms with Crippen molar-refractivity contribution in [3.05, 3.63) is 23.2 Å². The average molecular weight is 315 g/mol. The minimum Gasteiger partial charge on any atom is -0.324 e. The number of carbonyl (C=O) groups excluding carboxylic acids is 1. The van der Waals surface area contributed by atoms with Crippen LogP contribution in [0.2, 0.25) is 5.02 Å². The Bertz CT molecular complexity index is 607. The predicted octanol–water partition coefficient (Wildman–Crippen LogP) is 2.58. The quantitative estimate of drug-likeness (QED) is 0.798. The lowest BCUT2D eigenvalue weighted by atomic mass is 9.97. The maximum Gasteiger partial charge on any atom is 0.229 e. The van der Waals surface area contributed by atoms with Crippen LogP contribution in [0.25, 0.3) is 11.0 Å². The Morgan fingerprint density at radius 3 is 2.80 bits per heavy atom. The normalized spacial score (nSPS) is 15.8. The second kappa shape index (κ2) is 6.43. The average Bonchev–Trinajstić information content (AvgIpc) is 2.84. The summed E-state index contributed by atoms with van der Waals surface area (Å²) >= 11 is 6.05. The van der Waals surface area contributed by atoms with Gasteiger partial charge in [-0.15, -0.1) is 12.4 Å². The highest BCUT2D eigenvalue weighted by Gasteiger charge is 2.21. The third-order valence-corrected chi connectivity index (χ3v) is 3.72. The fourth-order valence-corrected chi connectivity index (χ4v) is 2.58. The number of halogens is 2. The highest BCUT2D eigenvalue weighted by molar-refractivity contribution is 6.35. The zero-order valence-corrected chi connectivity index (χ0v) is 12.4. The summed E-state index contributed by atoms with van der Waals surface area (Å²) in [4.78, 5) is 19.5. The van der Waals surface area contributed by atoms with Gasteiger partial charge in [0.2, 0.25) is 11.9 Å². The Labute approximate surface area is 127 Å². The molecule has 1 aliphatic heterocycles. The Balaban J connectivity index is 0.00000147. The summed E-state index contributed by atoms with van der Waals surface area (Å²) < 4.78 is 0. The molecule has 1 aromatic carbocycles. The van der Waals surface area contributed by atoms with E-state index in [-0.39, 0.29) is 24.2 Å². The van der Waals surface area contributed by atoms with Crippen LogP contribution in [-0.2, 0) is 4.79 Å². The number of rotatable bonds is 2. The number of aromatic amines is 1. The van der Waals surface area contributed by atoms with Crippen molar-refractivity contribution in [2.45, 2.75) is 12.8 Å². The van der Waals surface area contributed by atoms with Crippen LogP contribution in [0.5, 0.6) is 0 Å². The Morgan fingerprint density at radius 2 is 2.10 bits per heavy atom. The van der Waals surface area contributed by atoms with Crippen LogP contribution in [0, 0.1) is 5.92 Å². The molecule has 2 aromatic rings. The van der Waals surface area contributed by atoms with Gasteiger partial charge in [0.1, 0.15) is 5.52 Å². The van der Waals surface area contributed by atoms with Crippen molar-refractivity contribution >= 4 is 46.9 Å². The lowest BCUT2D eigenvalue weighted by Gasteiger charge is -2.20. The van der Waals surface area contributed by atoms with Gasteiger partial charge in [0, 0.05) is 5.92 Å². The maximum atomic E-state index is 12.1. The highest BCUT2D eigenvalue weighted by atomic mass is 35.5. The smallest absolute Gasteiger partial charge is 0.229 e. The predicted molar refractivity (Wildman–Crippen MR) is 82.6 cm³/mol. The van der Waals surface area contributed by atoms with E-state index < -0.39 is 0 Å². The van der Waals surface area contributed by atoms with Gasteiger partial charge in [-0.3, -0.25) is 10.1 Å². The van der Waals surface area contributed by atoms with Gasteiger partial charge in [0.05, 0.1) is 10.5 Å². The molecule has 7 heteroatoms. The number of fused-ring (bicyclic) bond motifs is 1. The van der Waals surface area contributed by atoms with Gasteiger partial charge < -0.3 is 10.3 Å². The number of nitrogens with zero attached hydrogens (tertiary/aromatic N) is 1. The third-order valence-electron chi connectivity index (χ3n) is 3.42. The van der Waals surface area contributed by atoms with Gasteiger partial charge in [-0.25, -0.2) is 4.98 Å². The Hall–Kier alpha value is -1.30. The molecule has 0 unspecified atom stereocenters. The van der Waals surface area contributed by atoms with Gasteiger partial charge in [-0.2, -0.15) is 0 Å². The number of H-pyrrole nitrogens is 1. The zero-order chi connectivity index (χ0) is 13.2. The Morgan fingerprint density at radius 1 is 1.35 bits per heavy atom. The molecule has 1 aromatic heterocycles. The van der Waals surface area contributed by atoms with Crippen molar-refractivity contribution in [2.75, 3.05) is 18.4 Å². The SMILES string of the molecule is Cl.O=C(Nc1nc2c(Cl)cccc2[nH]1)C1CCNCC1. The first-order chi connectivity index (χ1) is 9.24. The van der Waals surface area contributed by atoms with Crippen LogP contribution < -0.4 is 10.6 Å². The number of benzene rings is 1. The number of nitrogens with one attached hydrogen (secondary N) is 3. The number of aromatic nitrogens is 2. The molecule has 5 nitrogen and oxygen atoms in total. The fourth-order valence-electron chi connectivity index (χ4n) is 2.36. The molecule has 1 fully saturated rings. The van der Waals surface area contributed by atoms with E-state index in [0.29, 0.717) is 16.5 Å². The molecular weight excluding hydrogens is 299 g/mol. The molecule has 0 spiro atoms. The minimum absolute atomic E-state index is 0. The lowest BCUT2D eigenvalue weighted by Crippen LogP contribution is -2.34. The van der Waals surface area contributed by atoms with Crippen LogP contribution in [0.1, 0.15) is 12.8 Å². The topological polar surface area (TPSA) is 69.8 Å². The number of para-hydroxylation sites is 1. The third kappa shape index (κ3) is 3.06. The van der Waals surface area contributed by atoms with Crippen LogP contribution in [0.15, 0.2) is 18.2 Å². The highest BCUT2D eigenvalue weighted by Crippen LogP contribution is 2.23. The van der Waals surface area contributed by atoms with Crippen molar-refractivity contribution in [3.8, 4) is 0 Å². The standard InChI is InChI=1S/C13H15ClN4O.ClH/c14-9-2-1-3-10-11(9)17-13(16-10)18-12(19)8-4-6-15-7-5-8;/h1-3,8,15H,4-7H2,(H2,16,17,18,19);1H. The number of piperidine rings is 1. The van der Waals surface area contributed by atoms with E-state index in [1.165, 1.54) is 0 Å². The number of amides is 1. The van der Waals surface area contributed by atoms with Gasteiger partial charge >= 0.3 is 0 Å². The molecule has 108 valence electrons.